The number of hydrogen-bond acceptors (Lipinski definition) is 8. The van der Waals surface area contributed by atoms with Crippen molar-refractivity contribution in [1.29, 1.82) is 0 Å². The molecule has 0 aliphatic rings. The second-order valence-electron chi connectivity index (χ2n) is 7.29. The van der Waals surface area contributed by atoms with Gasteiger partial charge in [-0.3, -0.25) is 10.1 Å². The molecule has 0 unspecified atom stereocenters. The lowest BCUT2D eigenvalue weighted by Gasteiger charge is -2.10. The molecule has 1 N–H and O–H groups in total. The highest BCUT2D eigenvalue weighted by molar-refractivity contribution is 7.14. The van der Waals surface area contributed by atoms with E-state index >= 15 is 0 Å². The molecule has 2 heterocycles. The zero-order valence-electron chi connectivity index (χ0n) is 18.2. The highest BCUT2D eigenvalue weighted by atomic mass is 32.1. The molecular weight excluding hydrogens is 447 g/mol. The number of rotatable bonds is 8. The van der Waals surface area contributed by atoms with E-state index in [2.05, 4.69) is 25.8 Å². The number of tetrazole rings is 1. The van der Waals surface area contributed by atoms with Crippen LogP contribution in [0.3, 0.4) is 0 Å². The number of thiazole rings is 1. The van der Waals surface area contributed by atoms with Gasteiger partial charge in [-0.25, -0.2) is 14.1 Å². The van der Waals surface area contributed by atoms with E-state index in [1.807, 2.05) is 13.8 Å². The molecule has 2 aromatic heterocycles. The van der Waals surface area contributed by atoms with Gasteiger partial charge in [0.1, 0.15) is 23.9 Å². The Balaban J connectivity index is 1.44. The smallest absolute Gasteiger partial charge is 0.257 e. The molecule has 0 radical (unpaired) electrons. The lowest BCUT2D eigenvalue weighted by Crippen LogP contribution is -2.12. The first-order valence-electron chi connectivity index (χ1n) is 10.0. The Hall–Kier alpha value is -3.86. The summed E-state index contributed by atoms with van der Waals surface area (Å²) in [7, 11) is 1.50. The van der Waals surface area contributed by atoms with E-state index in [1.165, 1.54) is 36.6 Å². The van der Waals surface area contributed by atoms with Gasteiger partial charge in [-0.15, -0.1) is 16.4 Å². The summed E-state index contributed by atoms with van der Waals surface area (Å²) in [5.41, 5.74) is 1.41. The predicted octanol–water partition coefficient (Wildman–Crippen LogP) is 4.36. The third kappa shape index (κ3) is 5.14. The van der Waals surface area contributed by atoms with Crippen LogP contribution in [0.5, 0.6) is 11.5 Å². The molecule has 9 nitrogen and oxygen atoms in total. The van der Waals surface area contributed by atoms with Crippen molar-refractivity contribution < 1.29 is 18.7 Å². The topological polar surface area (TPSA) is 104 Å². The standard InChI is InChI=1S/C22H21FN6O3S/c1-13(2)29-20(26-27-28-29)11-32-16-6-4-5-14(9-16)21(30)25-22-24-18(12-33-22)17-10-15(23)7-8-19(17)31-3/h4-10,12-13H,11H2,1-3H3,(H,24,25,30). The molecule has 11 heteroatoms. The molecule has 0 bridgehead atoms. The van der Waals surface area contributed by atoms with Crippen LogP contribution < -0.4 is 14.8 Å². The number of aromatic nitrogens is 5. The lowest BCUT2D eigenvalue weighted by molar-refractivity contribution is 0.102. The second kappa shape index (κ2) is 9.74. The highest BCUT2D eigenvalue weighted by Crippen LogP contribution is 2.33. The maximum Gasteiger partial charge on any atom is 0.257 e. The van der Waals surface area contributed by atoms with Gasteiger partial charge in [0.2, 0.25) is 0 Å². The number of nitrogens with zero attached hydrogens (tertiary/aromatic N) is 5. The number of methoxy groups -OCH3 is 1. The third-order valence-electron chi connectivity index (χ3n) is 4.68. The maximum atomic E-state index is 13.7. The first-order valence-corrected chi connectivity index (χ1v) is 10.9. The Morgan fingerprint density at radius 3 is 2.88 bits per heavy atom. The van der Waals surface area contributed by atoms with Gasteiger partial charge in [-0.2, -0.15) is 0 Å². The Bertz CT molecular complexity index is 1270. The molecule has 4 rings (SSSR count). The fraction of sp³-hybridized carbons (Fsp3) is 0.227. The van der Waals surface area contributed by atoms with Gasteiger partial charge >= 0.3 is 0 Å². The number of halogens is 1. The minimum absolute atomic E-state index is 0.103. The molecule has 0 saturated heterocycles. The van der Waals surface area contributed by atoms with Crippen molar-refractivity contribution >= 4 is 22.4 Å². The summed E-state index contributed by atoms with van der Waals surface area (Å²) in [6, 6.07) is 11.1. The van der Waals surface area contributed by atoms with E-state index in [0.717, 1.165) is 0 Å². The molecule has 2 aromatic carbocycles. The lowest BCUT2D eigenvalue weighted by atomic mass is 10.1. The molecule has 170 valence electrons. The van der Waals surface area contributed by atoms with Crippen molar-refractivity contribution in [3.8, 4) is 22.8 Å². The summed E-state index contributed by atoms with van der Waals surface area (Å²) in [6.07, 6.45) is 0. The van der Waals surface area contributed by atoms with Gasteiger partial charge in [0, 0.05) is 16.5 Å². The molecule has 0 atom stereocenters. The zero-order valence-corrected chi connectivity index (χ0v) is 19.0. The van der Waals surface area contributed by atoms with Gasteiger partial charge in [-0.05, 0) is 60.7 Å². The van der Waals surface area contributed by atoms with Crippen molar-refractivity contribution in [1.82, 2.24) is 25.2 Å². The van der Waals surface area contributed by atoms with Crippen LogP contribution in [-0.2, 0) is 6.61 Å². The van der Waals surface area contributed by atoms with Gasteiger partial charge < -0.3 is 9.47 Å². The van der Waals surface area contributed by atoms with Crippen LogP contribution in [0.25, 0.3) is 11.3 Å². The van der Waals surface area contributed by atoms with Gasteiger partial charge in [0.05, 0.1) is 18.8 Å². The number of anilines is 1. The minimum atomic E-state index is -0.399. The summed E-state index contributed by atoms with van der Waals surface area (Å²) in [5.74, 6) is 0.837. The van der Waals surface area contributed by atoms with E-state index in [-0.39, 0.29) is 18.6 Å². The average Bonchev–Trinajstić information content (AvgIpc) is 3.47. The maximum absolute atomic E-state index is 13.7. The summed E-state index contributed by atoms with van der Waals surface area (Å²) in [5, 5.41) is 16.4. The van der Waals surface area contributed by atoms with Crippen molar-refractivity contribution in [2.75, 3.05) is 12.4 Å². The van der Waals surface area contributed by atoms with Crippen LogP contribution in [0.15, 0.2) is 47.8 Å². The van der Waals surface area contributed by atoms with Crippen molar-refractivity contribution in [3.05, 3.63) is 65.0 Å². The van der Waals surface area contributed by atoms with E-state index in [1.54, 1.807) is 34.3 Å². The number of carbonyl (C=O) groups is 1. The zero-order chi connectivity index (χ0) is 23.4. The highest BCUT2D eigenvalue weighted by Gasteiger charge is 2.15. The number of amides is 1. The summed E-state index contributed by atoms with van der Waals surface area (Å²) >= 11 is 1.23. The first-order chi connectivity index (χ1) is 15.9. The Morgan fingerprint density at radius 2 is 2.09 bits per heavy atom. The van der Waals surface area contributed by atoms with Gasteiger partial charge in [-0.1, -0.05) is 6.07 Å². The number of nitrogens with one attached hydrogen (secondary N) is 1. The Labute approximate surface area is 193 Å². The quantitative estimate of drug-likeness (QED) is 0.410. The van der Waals surface area contributed by atoms with Gasteiger partial charge in [0.15, 0.2) is 11.0 Å². The number of hydrogen-bond donors (Lipinski definition) is 1. The van der Waals surface area contributed by atoms with Crippen LogP contribution in [-0.4, -0.2) is 38.2 Å². The molecule has 4 aromatic rings. The SMILES string of the molecule is COc1ccc(F)cc1-c1csc(NC(=O)c2cccc(OCc3nnnn3C(C)C)c2)n1. The number of carbonyl (C=O) groups excluding carboxylic acids is 1. The largest absolute Gasteiger partial charge is 0.496 e. The molecule has 0 spiro atoms. The summed E-state index contributed by atoms with van der Waals surface area (Å²) in [4.78, 5) is 17.1. The summed E-state index contributed by atoms with van der Waals surface area (Å²) in [6.45, 7) is 4.11. The van der Waals surface area contributed by atoms with Crippen LogP contribution in [0.1, 0.15) is 36.1 Å². The fourth-order valence-electron chi connectivity index (χ4n) is 3.09. The third-order valence-corrected chi connectivity index (χ3v) is 5.43. The molecule has 1 amide bonds. The predicted molar refractivity (Wildman–Crippen MR) is 121 cm³/mol. The monoisotopic (exact) mass is 468 g/mol. The normalized spacial score (nSPS) is 10.9. The second-order valence-corrected chi connectivity index (χ2v) is 8.14. The van der Waals surface area contributed by atoms with Crippen LogP contribution >= 0.6 is 11.3 Å². The van der Waals surface area contributed by atoms with Crippen LogP contribution in [0.2, 0.25) is 0 Å². The summed E-state index contributed by atoms with van der Waals surface area (Å²) < 4.78 is 26.4. The van der Waals surface area contributed by atoms with E-state index in [0.29, 0.717) is 39.3 Å². The van der Waals surface area contributed by atoms with Crippen LogP contribution in [0.4, 0.5) is 9.52 Å². The fourth-order valence-corrected chi connectivity index (χ4v) is 3.79. The molecule has 0 aliphatic heterocycles. The minimum Gasteiger partial charge on any atom is -0.496 e. The number of benzene rings is 2. The molecule has 0 saturated carbocycles. The van der Waals surface area contributed by atoms with E-state index < -0.39 is 5.82 Å². The molecular formula is C22H21FN6O3S. The Morgan fingerprint density at radius 1 is 1.24 bits per heavy atom. The van der Waals surface area contributed by atoms with Crippen molar-refractivity contribution in [2.24, 2.45) is 0 Å². The van der Waals surface area contributed by atoms with E-state index in [9.17, 15) is 9.18 Å². The number of ether oxygens (including phenoxy) is 2. The molecule has 0 fully saturated rings. The average molecular weight is 469 g/mol. The van der Waals surface area contributed by atoms with E-state index in [4.69, 9.17) is 9.47 Å². The van der Waals surface area contributed by atoms with Crippen molar-refractivity contribution in [2.45, 2.75) is 26.5 Å². The van der Waals surface area contributed by atoms with Crippen molar-refractivity contribution in [3.63, 3.8) is 0 Å². The van der Waals surface area contributed by atoms with Crippen LogP contribution in [0, 0.1) is 5.82 Å². The molecule has 0 aliphatic carbocycles. The Kier molecular flexibility index (Phi) is 6.59. The van der Waals surface area contributed by atoms with Gasteiger partial charge in [0.25, 0.3) is 5.91 Å². The molecule has 33 heavy (non-hydrogen) atoms. The first kappa shape index (κ1) is 22.3.